The van der Waals surface area contributed by atoms with Crippen LogP contribution in [0.5, 0.6) is 0 Å². The molecule has 0 aromatic heterocycles. The van der Waals surface area contributed by atoms with E-state index in [0.717, 1.165) is 31.6 Å². The van der Waals surface area contributed by atoms with Crippen molar-refractivity contribution in [1.29, 1.82) is 0 Å². The van der Waals surface area contributed by atoms with E-state index in [1.165, 1.54) is 6.42 Å². The van der Waals surface area contributed by atoms with E-state index in [1.807, 2.05) is 17.0 Å². The molecule has 136 valence electrons. The summed E-state index contributed by atoms with van der Waals surface area (Å²) in [6.07, 6.45) is 3.29. The summed E-state index contributed by atoms with van der Waals surface area (Å²) in [5.41, 5.74) is 2.05. The first-order chi connectivity index (χ1) is 12.6. The van der Waals surface area contributed by atoms with Crippen LogP contribution in [-0.2, 0) is 4.79 Å². The molecule has 6 heteroatoms. The maximum Gasteiger partial charge on any atom is 0.253 e. The van der Waals surface area contributed by atoms with E-state index in [4.69, 9.17) is 11.6 Å². The molecule has 0 saturated carbocycles. The average molecular weight is 372 g/mol. The molecule has 2 amide bonds. The van der Waals surface area contributed by atoms with E-state index in [-0.39, 0.29) is 18.4 Å². The molecule has 0 aliphatic carbocycles. The highest BCUT2D eigenvalue weighted by molar-refractivity contribution is 6.30. The third kappa shape index (κ3) is 4.99. The number of benzene rings is 2. The minimum absolute atomic E-state index is 0.0279. The lowest BCUT2D eigenvalue weighted by Gasteiger charge is -2.26. The van der Waals surface area contributed by atoms with Crippen LogP contribution in [0.2, 0.25) is 5.02 Å². The lowest BCUT2D eigenvalue weighted by atomic mass is 10.1. The second kappa shape index (κ2) is 8.72. The lowest BCUT2D eigenvalue weighted by Crippen LogP contribution is -2.35. The summed E-state index contributed by atoms with van der Waals surface area (Å²) in [7, 11) is 0. The van der Waals surface area contributed by atoms with Gasteiger partial charge in [-0.2, -0.15) is 0 Å². The number of amides is 2. The quantitative estimate of drug-likeness (QED) is 0.834. The molecule has 2 aromatic carbocycles. The Hall–Kier alpha value is -2.53. The van der Waals surface area contributed by atoms with Gasteiger partial charge in [0, 0.05) is 35.1 Å². The van der Waals surface area contributed by atoms with E-state index in [0.29, 0.717) is 16.3 Å². The number of anilines is 2. The van der Waals surface area contributed by atoms with Crippen LogP contribution in [0.3, 0.4) is 0 Å². The van der Waals surface area contributed by atoms with Gasteiger partial charge < -0.3 is 15.5 Å². The Morgan fingerprint density at radius 3 is 2.42 bits per heavy atom. The zero-order chi connectivity index (χ0) is 18.4. The van der Waals surface area contributed by atoms with E-state index >= 15 is 0 Å². The minimum atomic E-state index is -0.178. The van der Waals surface area contributed by atoms with Crippen LogP contribution in [0.25, 0.3) is 0 Å². The number of rotatable bonds is 5. The van der Waals surface area contributed by atoms with Crippen LogP contribution in [0.15, 0.2) is 48.5 Å². The predicted octanol–water partition coefficient (Wildman–Crippen LogP) is 4.02. The summed E-state index contributed by atoms with van der Waals surface area (Å²) >= 11 is 5.84. The highest BCUT2D eigenvalue weighted by Crippen LogP contribution is 2.17. The molecule has 1 aliphatic rings. The van der Waals surface area contributed by atoms with E-state index < -0.39 is 0 Å². The fourth-order valence-electron chi connectivity index (χ4n) is 2.96. The number of piperidine rings is 1. The van der Waals surface area contributed by atoms with Gasteiger partial charge in [0.2, 0.25) is 5.91 Å². The Labute approximate surface area is 158 Å². The second-order valence-electron chi connectivity index (χ2n) is 6.34. The van der Waals surface area contributed by atoms with E-state index in [1.54, 1.807) is 36.4 Å². The molecule has 1 heterocycles. The van der Waals surface area contributed by atoms with Crippen LogP contribution < -0.4 is 10.6 Å². The number of likely N-dealkylation sites (tertiary alicyclic amines) is 1. The summed E-state index contributed by atoms with van der Waals surface area (Å²) < 4.78 is 0. The summed E-state index contributed by atoms with van der Waals surface area (Å²) in [6, 6.07) is 14.2. The van der Waals surface area contributed by atoms with Crippen LogP contribution in [0, 0.1) is 0 Å². The highest BCUT2D eigenvalue weighted by Gasteiger charge is 2.18. The summed E-state index contributed by atoms with van der Waals surface area (Å²) in [6.45, 7) is 1.74. The van der Waals surface area contributed by atoms with Crippen molar-refractivity contribution in [3.8, 4) is 0 Å². The first kappa shape index (κ1) is 18.3. The van der Waals surface area contributed by atoms with Crippen molar-refractivity contribution in [1.82, 2.24) is 4.90 Å². The molecule has 0 spiro atoms. The van der Waals surface area contributed by atoms with Gasteiger partial charge in [-0.15, -0.1) is 0 Å². The van der Waals surface area contributed by atoms with Crippen molar-refractivity contribution < 1.29 is 9.59 Å². The van der Waals surface area contributed by atoms with Gasteiger partial charge in [-0.1, -0.05) is 17.7 Å². The fraction of sp³-hybridized carbons (Fsp3) is 0.300. The van der Waals surface area contributed by atoms with Gasteiger partial charge in [0.25, 0.3) is 5.91 Å². The standard InChI is InChI=1S/C20H22ClN3O2/c21-16-7-9-17(10-8-16)22-14-19(25)23-18-6-4-5-15(13-18)20(26)24-11-2-1-3-12-24/h4-10,13,22H,1-3,11-12,14H2,(H,23,25). The van der Waals surface area contributed by atoms with Crippen LogP contribution in [0.1, 0.15) is 29.6 Å². The molecule has 2 aromatic rings. The van der Waals surface area contributed by atoms with Gasteiger partial charge in [-0.05, 0) is 61.7 Å². The van der Waals surface area contributed by atoms with Gasteiger partial charge in [0.15, 0.2) is 0 Å². The lowest BCUT2D eigenvalue weighted by molar-refractivity contribution is -0.114. The molecule has 1 saturated heterocycles. The van der Waals surface area contributed by atoms with Gasteiger partial charge >= 0.3 is 0 Å². The average Bonchev–Trinajstić information content (AvgIpc) is 2.68. The largest absolute Gasteiger partial charge is 0.376 e. The molecular weight excluding hydrogens is 350 g/mol. The third-order valence-corrected chi connectivity index (χ3v) is 4.59. The van der Waals surface area contributed by atoms with Crippen LogP contribution in [-0.4, -0.2) is 36.3 Å². The normalized spacial score (nSPS) is 14.0. The number of nitrogens with zero attached hydrogens (tertiary/aromatic N) is 1. The van der Waals surface area contributed by atoms with Gasteiger partial charge in [-0.3, -0.25) is 9.59 Å². The zero-order valence-corrected chi connectivity index (χ0v) is 15.3. The number of carbonyl (C=O) groups excluding carboxylic acids is 2. The third-order valence-electron chi connectivity index (χ3n) is 4.33. The smallest absolute Gasteiger partial charge is 0.253 e. The molecule has 0 radical (unpaired) electrons. The van der Waals surface area contributed by atoms with Gasteiger partial charge in [-0.25, -0.2) is 0 Å². The zero-order valence-electron chi connectivity index (χ0n) is 14.5. The van der Waals surface area contributed by atoms with Gasteiger partial charge in [0.1, 0.15) is 0 Å². The Kier molecular flexibility index (Phi) is 6.12. The van der Waals surface area contributed by atoms with Crippen molar-refractivity contribution in [3.63, 3.8) is 0 Å². The number of hydrogen-bond donors (Lipinski definition) is 2. The van der Waals surface area contributed by atoms with Gasteiger partial charge in [0.05, 0.1) is 6.54 Å². The number of halogens is 1. The number of carbonyl (C=O) groups is 2. The molecule has 1 aliphatic heterocycles. The summed E-state index contributed by atoms with van der Waals surface area (Å²) in [5, 5.41) is 6.51. The molecule has 3 rings (SSSR count). The molecule has 26 heavy (non-hydrogen) atoms. The maximum absolute atomic E-state index is 12.6. The molecule has 5 nitrogen and oxygen atoms in total. The van der Waals surface area contributed by atoms with Crippen molar-refractivity contribution >= 4 is 34.8 Å². The summed E-state index contributed by atoms with van der Waals surface area (Å²) in [4.78, 5) is 26.6. The Morgan fingerprint density at radius 2 is 1.69 bits per heavy atom. The Bertz CT molecular complexity index is 771. The molecule has 1 fully saturated rings. The monoisotopic (exact) mass is 371 g/mol. The first-order valence-electron chi connectivity index (χ1n) is 8.80. The topological polar surface area (TPSA) is 61.4 Å². The molecule has 0 bridgehead atoms. The first-order valence-corrected chi connectivity index (χ1v) is 9.18. The molecular formula is C20H22ClN3O2. The minimum Gasteiger partial charge on any atom is -0.376 e. The van der Waals surface area contributed by atoms with Crippen molar-refractivity contribution in [2.24, 2.45) is 0 Å². The fourth-order valence-corrected chi connectivity index (χ4v) is 3.09. The Balaban J connectivity index is 1.56. The molecule has 2 N–H and O–H groups in total. The number of nitrogens with one attached hydrogen (secondary N) is 2. The number of hydrogen-bond acceptors (Lipinski definition) is 3. The van der Waals surface area contributed by atoms with Crippen LogP contribution in [0.4, 0.5) is 11.4 Å². The van der Waals surface area contributed by atoms with Crippen molar-refractivity contribution in [2.45, 2.75) is 19.3 Å². The highest BCUT2D eigenvalue weighted by atomic mass is 35.5. The molecule has 0 unspecified atom stereocenters. The predicted molar refractivity (Wildman–Crippen MR) is 105 cm³/mol. The Morgan fingerprint density at radius 1 is 0.962 bits per heavy atom. The molecule has 0 atom stereocenters. The maximum atomic E-state index is 12.6. The van der Waals surface area contributed by atoms with Crippen LogP contribution >= 0.6 is 11.6 Å². The SMILES string of the molecule is O=C(CNc1ccc(Cl)cc1)Nc1cccc(C(=O)N2CCCCC2)c1. The van der Waals surface area contributed by atoms with E-state index in [2.05, 4.69) is 10.6 Å². The van der Waals surface area contributed by atoms with E-state index in [9.17, 15) is 9.59 Å². The summed E-state index contributed by atoms with van der Waals surface area (Å²) in [5.74, 6) is -0.150. The second-order valence-corrected chi connectivity index (χ2v) is 6.78. The van der Waals surface area contributed by atoms with Crippen molar-refractivity contribution in [2.75, 3.05) is 30.3 Å². The van der Waals surface area contributed by atoms with Crippen molar-refractivity contribution in [3.05, 3.63) is 59.1 Å².